The Labute approximate surface area is 127 Å². The number of hydrogen-bond acceptors (Lipinski definition) is 2. The van der Waals surface area contributed by atoms with E-state index in [-0.39, 0.29) is 6.03 Å². The van der Waals surface area contributed by atoms with Gasteiger partial charge in [-0.2, -0.15) is 0 Å². The fourth-order valence-electron chi connectivity index (χ4n) is 2.91. The Kier molecular flexibility index (Phi) is 6.05. The van der Waals surface area contributed by atoms with Crippen LogP contribution in [0, 0.1) is 0 Å². The maximum atomic E-state index is 12.3. The largest absolute Gasteiger partial charge is 0.325 e. The van der Waals surface area contributed by atoms with Crippen LogP contribution in [-0.4, -0.2) is 36.6 Å². The van der Waals surface area contributed by atoms with E-state index in [4.69, 9.17) is 0 Å². The van der Waals surface area contributed by atoms with Gasteiger partial charge in [-0.1, -0.05) is 25.1 Å². The van der Waals surface area contributed by atoms with Gasteiger partial charge in [0.2, 0.25) is 0 Å². The van der Waals surface area contributed by atoms with E-state index < -0.39 is 0 Å². The molecule has 0 aliphatic heterocycles. The van der Waals surface area contributed by atoms with Crippen LogP contribution in [-0.2, 0) is 0 Å². The van der Waals surface area contributed by atoms with Gasteiger partial charge in [-0.25, -0.2) is 4.79 Å². The summed E-state index contributed by atoms with van der Waals surface area (Å²) in [6.45, 7) is 3.29. The number of para-hydroxylation sites is 1. The fourth-order valence-corrected chi connectivity index (χ4v) is 2.91. The molecule has 2 amide bonds. The standard InChI is InChI=1S/C17H27N3O/c1-3-13-18-14-9-11-16(12-10-14)20(2)17(21)19-15-7-5-4-6-8-15/h4-8,14,16,18H,3,9-13H2,1-2H3,(H,19,21). The van der Waals surface area contributed by atoms with Crippen molar-refractivity contribution in [3.05, 3.63) is 30.3 Å². The van der Waals surface area contributed by atoms with Crippen molar-refractivity contribution in [2.75, 3.05) is 18.9 Å². The first-order chi connectivity index (χ1) is 10.2. The number of nitrogens with zero attached hydrogens (tertiary/aromatic N) is 1. The third-order valence-corrected chi connectivity index (χ3v) is 4.27. The van der Waals surface area contributed by atoms with Gasteiger partial charge in [0, 0.05) is 24.8 Å². The average Bonchev–Trinajstić information content (AvgIpc) is 2.53. The minimum absolute atomic E-state index is 0.00818. The van der Waals surface area contributed by atoms with Gasteiger partial charge < -0.3 is 15.5 Å². The summed E-state index contributed by atoms with van der Waals surface area (Å²) in [5, 5.41) is 6.54. The summed E-state index contributed by atoms with van der Waals surface area (Å²) in [4.78, 5) is 14.1. The Morgan fingerprint density at radius 3 is 2.48 bits per heavy atom. The average molecular weight is 289 g/mol. The molecule has 1 saturated carbocycles. The Hall–Kier alpha value is -1.55. The molecule has 1 aliphatic rings. The van der Waals surface area contributed by atoms with Crippen molar-refractivity contribution in [1.29, 1.82) is 0 Å². The molecule has 0 unspecified atom stereocenters. The van der Waals surface area contributed by atoms with Crippen LogP contribution in [0.15, 0.2) is 30.3 Å². The highest BCUT2D eigenvalue weighted by molar-refractivity contribution is 5.89. The van der Waals surface area contributed by atoms with Gasteiger partial charge in [0.05, 0.1) is 0 Å². The molecule has 1 aromatic rings. The lowest BCUT2D eigenvalue weighted by Gasteiger charge is -2.35. The monoisotopic (exact) mass is 289 g/mol. The lowest BCUT2D eigenvalue weighted by molar-refractivity contribution is 0.177. The molecular formula is C17H27N3O. The smallest absolute Gasteiger partial charge is 0.321 e. The zero-order valence-corrected chi connectivity index (χ0v) is 13.1. The zero-order valence-electron chi connectivity index (χ0n) is 13.1. The van der Waals surface area contributed by atoms with Crippen LogP contribution >= 0.6 is 0 Å². The molecule has 1 fully saturated rings. The van der Waals surface area contributed by atoms with E-state index in [2.05, 4.69) is 17.6 Å². The fraction of sp³-hybridized carbons (Fsp3) is 0.588. The number of benzene rings is 1. The normalized spacial score (nSPS) is 21.8. The topological polar surface area (TPSA) is 44.4 Å². The van der Waals surface area contributed by atoms with E-state index >= 15 is 0 Å². The van der Waals surface area contributed by atoms with Gasteiger partial charge in [0.25, 0.3) is 0 Å². The first-order valence-corrected chi connectivity index (χ1v) is 8.03. The molecule has 0 aromatic heterocycles. The summed E-state index contributed by atoms with van der Waals surface area (Å²) in [6, 6.07) is 10.6. The van der Waals surface area contributed by atoms with Crippen LogP contribution in [0.4, 0.5) is 10.5 Å². The summed E-state index contributed by atoms with van der Waals surface area (Å²) in [6.07, 6.45) is 5.67. The van der Waals surface area contributed by atoms with Crippen LogP contribution in [0.1, 0.15) is 39.0 Å². The molecule has 4 heteroatoms. The Bertz CT molecular complexity index is 427. The van der Waals surface area contributed by atoms with E-state index in [1.54, 1.807) is 0 Å². The van der Waals surface area contributed by atoms with Crippen LogP contribution in [0.25, 0.3) is 0 Å². The predicted molar refractivity (Wildman–Crippen MR) is 87.6 cm³/mol. The summed E-state index contributed by atoms with van der Waals surface area (Å²) in [5.74, 6) is 0. The first-order valence-electron chi connectivity index (χ1n) is 8.03. The van der Waals surface area contributed by atoms with Gasteiger partial charge in [-0.3, -0.25) is 0 Å². The second-order valence-electron chi connectivity index (χ2n) is 5.87. The van der Waals surface area contributed by atoms with E-state index in [1.165, 1.54) is 6.42 Å². The molecule has 4 nitrogen and oxygen atoms in total. The number of carbonyl (C=O) groups is 1. The molecule has 0 radical (unpaired) electrons. The summed E-state index contributed by atoms with van der Waals surface area (Å²) < 4.78 is 0. The lowest BCUT2D eigenvalue weighted by atomic mass is 9.90. The van der Waals surface area contributed by atoms with Gasteiger partial charge in [-0.15, -0.1) is 0 Å². The second-order valence-corrected chi connectivity index (χ2v) is 5.87. The maximum Gasteiger partial charge on any atom is 0.321 e. The van der Waals surface area contributed by atoms with Gasteiger partial charge >= 0.3 is 6.03 Å². The highest BCUT2D eigenvalue weighted by atomic mass is 16.2. The molecule has 0 heterocycles. The number of carbonyl (C=O) groups excluding carboxylic acids is 1. The SMILES string of the molecule is CCCNC1CCC(N(C)C(=O)Nc2ccccc2)CC1. The van der Waals surface area contributed by atoms with Crippen molar-refractivity contribution in [1.82, 2.24) is 10.2 Å². The van der Waals surface area contributed by atoms with Crippen molar-refractivity contribution in [3.63, 3.8) is 0 Å². The Morgan fingerprint density at radius 1 is 1.19 bits per heavy atom. The minimum atomic E-state index is -0.00818. The van der Waals surface area contributed by atoms with Gasteiger partial charge in [-0.05, 0) is 50.8 Å². The molecule has 1 aliphatic carbocycles. The van der Waals surface area contributed by atoms with Crippen molar-refractivity contribution in [2.24, 2.45) is 0 Å². The molecule has 0 saturated heterocycles. The zero-order chi connectivity index (χ0) is 15.1. The Balaban J connectivity index is 1.78. The highest BCUT2D eigenvalue weighted by Crippen LogP contribution is 2.23. The van der Waals surface area contributed by atoms with Crippen LogP contribution in [0.2, 0.25) is 0 Å². The first kappa shape index (κ1) is 15.8. The van der Waals surface area contributed by atoms with Crippen molar-refractivity contribution >= 4 is 11.7 Å². The van der Waals surface area contributed by atoms with E-state index in [0.29, 0.717) is 12.1 Å². The van der Waals surface area contributed by atoms with Crippen molar-refractivity contribution < 1.29 is 4.79 Å². The van der Waals surface area contributed by atoms with Gasteiger partial charge in [0.15, 0.2) is 0 Å². The number of urea groups is 1. The molecule has 1 aromatic carbocycles. The molecule has 116 valence electrons. The molecule has 21 heavy (non-hydrogen) atoms. The van der Waals surface area contributed by atoms with E-state index in [0.717, 1.165) is 37.9 Å². The number of amides is 2. The van der Waals surface area contributed by atoms with E-state index in [1.807, 2.05) is 42.3 Å². The molecule has 0 spiro atoms. The van der Waals surface area contributed by atoms with E-state index in [9.17, 15) is 4.79 Å². The van der Waals surface area contributed by atoms with Gasteiger partial charge in [0.1, 0.15) is 0 Å². The van der Waals surface area contributed by atoms with Crippen molar-refractivity contribution in [2.45, 2.75) is 51.1 Å². The molecule has 0 bridgehead atoms. The Morgan fingerprint density at radius 2 is 1.86 bits per heavy atom. The summed E-state index contributed by atoms with van der Waals surface area (Å²) >= 11 is 0. The third kappa shape index (κ3) is 4.74. The summed E-state index contributed by atoms with van der Waals surface area (Å²) in [5.41, 5.74) is 0.854. The lowest BCUT2D eigenvalue weighted by Crippen LogP contribution is -2.44. The van der Waals surface area contributed by atoms with Crippen LogP contribution in [0.3, 0.4) is 0 Å². The molecule has 2 rings (SSSR count). The van der Waals surface area contributed by atoms with Crippen LogP contribution in [0.5, 0.6) is 0 Å². The number of hydrogen-bond donors (Lipinski definition) is 2. The summed E-state index contributed by atoms with van der Waals surface area (Å²) in [7, 11) is 1.91. The number of anilines is 1. The molecular weight excluding hydrogens is 262 g/mol. The predicted octanol–water partition coefficient (Wildman–Crippen LogP) is 3.46. The molecule has 0 atom stereocenters. The van der Waals surface area contributed by atoms with Crippen molar-refractivity contribution in [3.8, 4) is 0 Å². The highest BCUT2D eigenvalue weighted by Gasteiger charge is 2.26. The third-order valence-electron chi connectivity index (χ3n) is 4.27. The second kappa shape index (κ2) is 8.03. The molecule has 2 N–H and O–H groups in total. The van der Waals surface area contributed by atoms with Crippen LogP contribution < -0.4 is 10.6 Å². The number of rotatable bonds is 5. The number of nitrogens with one attached hydrogen (secondary N) is 2. The quantitative estimate of drug-likeness (QED) is 0.872. The minimum Gasteiger partial charge on any atom is -0.325 e. The maximum absolute atomic E-state index is 12.3.